The van der Waals surface area contributed by atoms with Crippen LogP contribution in [-0.4, -0.2) is 13.1 Å². The monoisotopic (exact) mass is 138 g/mol. The summed E-state index contributed by atoms with van der Waals surface area (Å²) in [6.45, 7) is 2.49. The maximum Gasteiger partial charge on any atom is -0.00435 e. The SMILES string of the molecule is [CH]1CCCC12CCNCC2. The number of piperidine rings is 1. The molecule has 1 N–H and O–H groups in total. The predicted molar refractivity (Wildman–Crippen MR) is 42.7 cm³/mol. The topological polar surface area (TPSA) is 12.0 Å². The molecule has 57 valence electrons. The molecule has 1 aliphatic carbocycles. The van der Waals surface area contributed by atoms with Crippen LogP contribution in [-0.2, 0) is 0 Å². The lowest BCUT2D eigenvalue weighted by molar-refractivity contribution is 0.257. The van der Waals surface area contributed by atoms with E-state index in [1.54, 1.807) is 0 Å². The first-order chi connectivity index (χ1) is 4.91. The minimum absolute atomic E-state index is 0.686. The van der Waals surface area contributed by atoms with Gasteiger partial charge in [-0.1, -0.05) is 6.42 Å². The van der Waals surface area contributed by atoms with E-state index >= 15 is 0 Å². The number of hydrogen-bond acceptors (Lipinski definition) is 1. The van der Waals surface area contributed by atoms with E-state index in [9.17, 15) is 0 Å². The lowest BCUT2D eigenvalue weighted by Crippen LogP contribution is -2.34. The molecule has 10 heavy (non-hydrogen) atoms. The average molecular weight is 138 g/mol. The minimum Gasteiger partial charge on any atom is -0.317 e. The smallest absolute Gasteiger partial charge is 0.00435 e. The second-order valence-electron chi connectivity index (χ2n) is 3.71. The highest BCUT2D eigenvalue weighted by atomic mass is 14.9. The Bertz CT molecular complexity index is 106. The van der Waals surface area contributed by atoms with Gasteiger partial charge in [-0.2, -0.15) is 0 Å². The standard InChI is InChI=1S/C9H16N/c1-2-4-9(3-1)5-7-10-8-6-9/h3,10H,1-2,4-8H2. The van der Waals surface area contributed by atoms with Crippen LogP contribution in [0.5, 0.6) is 0 Å². The molecule has 1 saturated heterocycles. The predicted octanol–water partition coefficient (Wildman–Crippen LogP) is 1.74. The molecular weight excluding hydrogens is 122 g/mol. The van der Waals surface area contributed by atoms with E-state index in [1.165, 1.54) is 45.2 Å². The second-order valence-corrected chi connectivity index (χ2v) is 3.71. The van der Waals surface area contributed by atoms with E-state index in [2.05, 4.69) is 11.7 Å². The third-order valence-electron chi connectivity index (χ3n) is 3.06. The average Bonchev–Trinajstić information content (AvgIpc) is 2.39. The van der Waals surface area contributed by atoms with E-state index in [0.29, 0.717) is 5.41 Å². The molecule has 0 atom stereocenters. The molecule has 0 aromatic heterocycles. The van der Waals surface area contributed by atoms with Gasteiger partial charge in [-0.3, -0.25) is 0 Å². The number of hydrogen-bond donors (Lipinski definition) is 1. The molecule has 2 rings (SSSR count). The van der Waals surface area contributed by atoms with E-state index < -0.39 is 0 Å². The molecule has 2 aliphatic rings. The third-order valence-corrected chi connectivity index (χ3v) is 3.06. The van der Waals surface area contributed by atoms with Gasteiger partial charge in [0, 0.05) is 0 Å². The lowest BCUT2D eigenvalue weighted by atomic mass is 9.78. The van der Waals surface area contributed by atoms with Gasteiger partial charge in [-0.15, -0.1) is 0 Å². The van der Waals surface area contributed by atoms with Crippen molar-refractivity contribution in [2.45, 2.75) is 32.1 Å². The van der Waals surface area contributed by atoms with Crippen LogP contribution in [0.25, 0.3) is 0 Å². The summed E-state index contributed by atoms with van der Waals surface area (Å²) in [6, 6.07) is 0. The van der Waals surface area contributed by atoms with Crippen LogP contribution >= 0.6 is 0 Å². The van der Waals surface area contributed by atoms with Crippen molar-refractivity contribution >= 4 is 0 Å². The molecule has 1 aliphatic heterocycles. The molecule has 1 saturated carbocycles. The Morgan fingerprint density at radius 3 is 2.50 bits per heavy atom. The fourth-order valence-electron chi connectivity index (χ4n) is 2.34. The molecule has 1 heterocycles. The molecule has 1 nitrogen and oxygen atoms in total. The fraction of sp³-hybridized carbons (Fsp3) is 0.889. The molecule has 0 bridgehead atoms. The highest BCUT2D eigenvalue weighted by Gasteiger charge is 2.34. The van der Waals surface area contributed by atoms with E-state index in [4.69, 9.17) is 0 Å². The summed E-state index contributed by atoms with van der Waals surface area (Å²) in [7, 11) is 0. The Labute approximate surface area is 63.2 Å². The van der Waals surface area contributed by atoms with Crippen molar-refractivity contribution in [3.05, 3.63) is 6.42 Å². The van der Waals surface area contributed by atoms with E-state index in [-0.39, 0.29) is 0 Å². The summed E-state index contributed by atoms with van der Waals surface area (Å²) < 4.78 is 0. The Hall–Kier alpha value is -0.0400. The van der Waals surface area contributed by atoms with Crippen LogP contribution in [0, 0.1) is 11.8 Å². The zero-order valence-corrected chi connectivity index (χ0v) is 6.53. The maximum absolute atomic E-state index is 3.42. The normalized spacial score (nSPS) is 31.2. The zero-order chi connectivity index (χ0) is 6.86. The van der Waals surface area contributed by atoms with Crippen molar-refractivity contribution in [3.63, 3.8) is 0 Å². The molecule has 1 radical (unpaired) electrons. The van der Waals surface area contributed by atoms with E-state index in [0.717, 1.165) is 0 Å². The summed E-state index contributed by atoms with van der Waals surface area (Å²) in [5, 5.41) is 3.42. The fourth-order valence-corrected chi connectivity index (χ4v) is 2.34. The van der Waals surface area contributed by atoms with Crippen LogP contribution in [0.1, 0.15) is 32.1 Å². The molecule has 1 heteroatoms. The molecule has 2 fully saturated rings. The Kier molecular flexibility index (Phi) is 1.69. The summed E-state index contributed by atoms with van der Waals surface area (Å²) in [4.78, 5) is 0. The van der Waals surface area contributed by atoms with E-state index in [1.807, 2.05) is 0 Å². The van der Waals surface area contributed by atoms with Crippen molar-refractivity contribution in [2.24, 2.45) is 5.41 Å². The molecule has 0 unspecified atom stereocenters. The number of nitrogens with one attached hydrogen (secondary N) is 1. The first kappa shape index (κ1) is 6.66. The summed E-state index contributed by atoms with van der Waals surface area (Å²) in [6.07, 6.45) is 9.66. The van der Waals surface area contributed by atoms with Gasteiger partial charge >= 0.3 is 0 Å². The van der Waals surface area contributed by atoms with Crippen molar-refractivity contribution in [2.75, 3.05) is 13.1 Å². The first-order valence-corrected chi connectivity index (χ1v) is 4.46. The quantitative estimate of drug-likeness (QED) is 0.537. The van der Waals surface area contributed by atoms with Crippen molar-refractivity contribution < 1.29 is 0 Å². The third kappa shape index (κ3) is 1.07. The highest BCUT2D eigenvalue weighted by molar-refractivity contribution is 4.99. The maximum atomic E-state index is 3.42. The van der Waals surface area contributed by atoms with Crippen molar-refractivity contribution in [1.29, 1.82) is 0 Å². The van der Waals surface area contributed by atoms with Crippen LogP contribution in [0.2, 0.25) is 0 Å². The van der Waals surface area contributed by atoms with Gasteiger partial charge in [0.2, 0.25) is 0 Å². The molecule has 0 amide bonds. The van der Waals surface area contributed by atoms with Gasteiger partial charge in [0.05, 0.1) is 0 Å². The number of rotatable bonds is 0. The first-order valence-electron chi connectivity index (χ1n) is 4.46. The summed E-state index contributed by atoms with van der Waals surface area (Å²) in [5.74, 6) is 0. The molecule has 0 aromatic carbocycles. The van der Waals surface area contributed by atoms with Gasteiger partial charge in [0.15, 0.2) is 0 Å². The van der Waals surface area contributed by atoms with Crippen LogP contribution < -0.4 is 5.32 Å². The van der Waals surface area contributed by atoms with Crippen molar-refractivity contribution in [1.82, 2.24) is 5.32 Å². The molecule has 0 aromatic rings. The Morgan fingerprint density at radius 2 is 1.90 bits per heavy atom. The minimum atomic E-state index is 0.686. The van der Waals surface area contributed by atoms with Gasteiger partial charge in [-0.05, 0) is 50.6 Å². The second kappa shape index (κ2) is 2.54. The molecular formula is C9H16N. The summed E-state index contributed by atoms with van der Waals surface area (Å²) >= 11 is 0. The van der Waals surface area contributed by atoms with Crippen LogP contribution in [0.4, 0.5) is 0 Å². The van der Waals surface area contributed by atoms with Crippen LogP contribution in [0.15, 0.2) is 0 Å². The van der Waals surface area contributed by atoms with Gasteiger partial charge < -0.3 is 5.32 Å². The lowest BCUT2D eigenvalue weighted by Gasteiger charge is -2.33. The van der Waals surface area contributed by atoms with Crippen LogP contribution in [0.3, 0.4) is 0 Å². The highest BCUT2D eigenvalue weighted by Crippen LogP contribution is 2.43. The zero-order valence-electron chi connectivity index (χ0n) is 6.53. The summed E-state index contributed by atoms with van der Waals surface area (Å²) in [5.41, 5.74) is 0.686. The van der Waals surface area contributed by atoms with Crippen molar-refractivity contribution in [3.8, 4) is 0 Å². The largest absolute Gasteiger partial charge is 0.317 e. The van der Waals surface area contributed by atoms with Gasteiger partial charge in [0.1, 0.15) is 0 Å². The molecule has 1 spiro atoms. The van der Waals surface area contributed by atoms with Gasteiger partial charge in [0.25, 0.3) is 0 Å². The Balaban J connectivity index is 1.98. The Morgan fingerprint density at radius 1 is 1.10 bits per heavy atom. The van der Waals surface area contributed by atoms with Gasteiger partial charge in [-0.25, -0.2) is 0 Å².